The summed E-state index contributed by atoms with van der Waals surface area (Å²) in [6.45, 7) is -0.0387. The standard InChI is InChI=1S/C17H16O3/c1-20-17(19)15-9-7-14(8-10-15)16(11-12-18)13-5-3-2-4-6-13/h2-11,18H,12H2,1H3/b16-11-. The molecular weight excluding hydrogens is 252 g/mol. The third-order valence-corrected chi connectivity index (χ3v) is 3.00. The summed E-state index contributed by atoms with van der Waals surface area (Å²) < 4.78 is 4.68. The maximum absolute atomic E-state index is 11.4. The maximum atomic E-state index is 11.4. The van der Waals surface area contributed by atoms with Gasteiger partial charge in [-0.3, -0.25) is 0 Å². The summed E-state index contributed by atoms with van der Waals surface area (Å²) in [7, 11) is 1.36. The Morgan fingerprint density at radius 1 is 1.00 bits per heavy atom. The Labute approximate surface area is 118 Å². The molecule has 0 aliphatic carbocycles. The van der Waals surface area contributed by atoms with Crippen molar-refractivity contribution >= 4 is 11.5 Å². The number of rotatable bonds is 4. The molecule has 0 radical (unpaired) electrons. The molecule has 0 amide bonds. The Bertz CT molecular complexity index is 598. The van der Waals surface area contributed by atoms with Crippen LogP contribution in [0.1, 0.15) is 21.5 Å². The van der Waals surface area contributed by atoms with E-state index in [1.807, 2.05) is 42.5 Å². The Kier molecular flexibility index (Phi) is 4.69. The van der Waals surface area contributed by atoms with Gasteiger partial charge in [-0.15, -0.1) is 0 Å². The lowest BCUT2D eigenvalue weighted by Gasteiger charge is -2.09. The SMILES string of the molecule is COC(=O)c1ccc(/C(=C\CO)c2ccccc2)cc1. The van der Waals surface area contributed by atoms with E-state index in [2.05, 4.69) is 4.74 Å². The zero-order valence-corrected chi connectivity index (χ0v) is 11.2. The molecule has 3 heteroatoms. The van der Waals surface area contributed by atoms with Crippen molar-refractivity contribution in [1.29, 1.82) is 0 Å². The van der Waals surface area contributed by atoms with Gasteiger partial charge in [0.05, 0.1) is 19.3 Å². The molecule has 0 saturated heterocycles. The van der Waals surface area contributed by atoms with E-state index in [-0.39, 0.29) is 12.6 Å². The van der Waals surface area contributed by atoms with Gasteiger partial charge in [-0.25, -0.2) is 4.79 Å². The van der Waals surface area contributed by atoms with Crippen LogP contribution in [0.2, 0.25) is 0 Å². The number of methoxy groups -OCH3 is 1. The van der Waals surface area contributed by atoms with Crippen molar-refractivity contribution < 1.29 is 14.6 Å². The van der Waals surface area contributed by atoms with E-state index in [0.29, 0.717) is 5.56 Å². The molecule has 0 saturated carbocycles. The van der Waals surface area contributed by atoms with Crippen LogP contribution >= 0.6 is 0 Å². The summed E-state index contributed by atoms with van der Waals surface area (Å²) in [4.78, 5) is 11.4. The first-order valence-electron chi connectivity index (χ1n) is 6.31. The lowest BCUT2D eigenvalue weighted by molar-refractivity contribution is 0.0600. The van der Waals surface area contributed by atoms with Crippen LogP contribution in [-0.4, -0.2) is 24.8 Å². The Hall–Kier alpha value is -2.39. The number of aliphatic hydroxyl groups is 1. The second-order valence-electron chi connectivity index (χ2n) is 4.24. The first-order valence-corrected chi connectivity index (χ1v) is 6.31. The summed E-state index contributed by atoms with van der Waals surface area (Å²) in [5.41, 5.74) is 3.41. The molecule has 0 heterocycles. The molecule has 0 bridgehead atoms. The van der Waals surface area contributed by atoms with Crippen LogP contribution in [0.15, 0.2) is 60.7 Å². The summed E-state index contributed by atoms with van der Waals surface area (Å²) in [6, 6.07) is 16.9. The third kappa shape index (κ3) is 3.13. The minimum absolute atomic E-state index is 0.0387. The molecule has 0 spiro atoms. The number of hydrogen-bond acceptors (Lipinski definition) is 3. The highest BCUT2D eigenvalue weighted by Crippen LogP contribution is 2.23. The van der Waals surface area contributed by atoms with Crippen LogP contribution in [0, 0.1) is 0 Å². The van der Waals surface area contributed by atoms with E-state index in [9.17, 15) is 9.90 Å². The van der Waals surface area contributed by atoms with Gasteiger partial charge in [-0.2, -0.15) is 0 Å². The van der Waals surface area contributed by atoms with E-state index in [4.69, 9.17) is 0 Å². The van der Waals surface area contributed by atoms with Crippen LogP contribution in [0.3, 0.4) is 0 Å². The fraction of sp³-hybridized carbons (Fsp3) is 0.118. The molecule has 0 aliphatic heterocycles. The van der Waals surface area contributed by atoms with Gasteiger partial charge in [-0.05, 0) is 28.8 Å². The summed E-state index contributed by atoms with van der Waals surface area (Å²) in [6.07, 6.45) is 1.75. The average molecular weight is 268 g/mol. The first kappa shape index (κ1) is 14.0. The Morgan fingerprint density at radius 3 is 2.10 bits per heavy atom. The van der Waals surface area contributed by atoms with Crippen molar-refractivity contribution in [2.75, 3.05) is 13.7 Å². The fourth-order valence-electron chi connectivity index (χ4n) is 2.02. The summed E-state index contributed by atoms with van der Waals surface area (Å²) in [5, 5.41) is 9.19. The lowest BCUT2D eigenvalue weighted by Crippen LogP contribution is -2.01. The van der Waals surface area contributed by atoms with Crippen molar-refractivity contribution in [3.8, 4) is 0 Å². The highest BCUT2D eigenvalue weighted by molar-refractivity contribution is 5.90. The number of hydrogen-bond donors (Lipinski definition) is 1. The lowest BCUT2D eigenvalue weighted by atomic mass is 9.97. The monoisotopic (exact) mass is 268 g/mol. The highest BCUT2D eigenvalue weighted by atomic mass is 16.5. The van der Waals surface area contributed by atoms with E-state index < -0.39 is 0 Å². The molecule has 0 aromatic heterocycles. The molecular formula is C17H16O3. The van der Waals surface area contributed by atoms with Gasteiger partial charge >= 0.3 is 5.97 Å². The van der Waals surface area contributed by atoms with Gasteiger partial charge in [0.2, 0.25) is 0 Å². The predicted octanol–water partition coefficient (Wildman–Crippen LogP) is 2.90. The molecule has 3 nitrogen and oxygen atoms in total. The predicted molar refractivity (Wildman–Crippen MR) is 78.4 cm³/mol. The third-order valence-electron chi connectivity index (χ3n) is 3.00. The molecule has 2 aromatic carbocycles. The second kappa shape index (κ2) is 6.68. The topological polar surface area (TPSA) is 46.5 Å². The van der Waals surface area contributed by atoms with Gasteiger partial charge in [-0.1, -0.05) is 48.5 Å². The number of aliphatic hydroxyl groups excluding tert-OH is 1. The van der Waals surface area contributed by atoms with Crippen LogP contribution in [0.5, 0.6) is 0 Å². The van der Waals surface area contributed by atoms with Gasteiger partial charge in [0, 0.05) is 0 Å². The van der Waals surface area contributed by atoms with Crippen molar-refractivity contribution in [3.05, 3.63) is 77.4 Å². The van der Waals surface area contributed by atoms with Gasteiger partial charge in [0.25, 0.3) is 0 Å². The van der Waals surface area contributed by atoms with Crippen molar-refractivity contribution in [2.45, 2.75) is 0 Å². The zero-order chi connectivity index (χ0) is 14.4. The van der Waals surface area contributed by atoms with Crippen molar-refractivity contribution in [2.24, 2.45) is 0 Å². The largest absolute Gasteiger partial charge is 0.465 e. The number of ether oxygens (including phenoxy) is 1. The normalized spacial score (nSPS) is 11.2. The molecule has 1 N–H and O–H groups in total. The minimum Gasteiger partial charge on any atom is -0.465 e. The van der Waals surface area contributed by atoms with Crippen LogP contribution in [0.4, 0.5) is 0 Å². The van der Waals surface area contributed by atoms with Crippen LogP contribution in [0.25, 0.3) is 5.57 Å². The molecule has 0 atom stereocenters. The van der Waals surface area contributed by atoms with E-state index >= 15 is 0 Å². The molecule has 0 unspecified atom stereocenters. The number of carbonyl (C=O) groups excluding carboxylic acids is 1. The van der Waals surface area contributed by atoms with Crippen molar-refractivity contribution in [1.82, 2.24) is 0 Å². The summed E-state index contributed by atoms with van der Waals surface area (Å²) in [5.74, 6) is -0.357. The van der Waals surface area contributed by atoms with E-state index in [1.165, 1.54) is 7.11 Å². The van der Waals surface area contributed by atoms with Gasteiger partial charge < -0.3 is 9.84 Å². The molecule has 0 fully saturated rings. The maximum Gasteiger partial charge on any atom is 0.337 e. The molecule has 20 heavy (non-hydrogen) atoms. The van der Waals surface area contributed by atoms with Crippen LogP contribution < -0.4 is 0 Å². The number of esters is 1. The summed E-state index contributed by atoms with van der Waals surface area (Å²) >= 11 is 0. The molecule has 0 aliphatic rings. The van der Waals surface area contributed by atoms with Crippen LogP contribution in [-0.2, 0) is 4.74 Å². The van der Waals surface area contributed by atoms with E-state index in [0.717, 1.165) is 16.7 Å². The first-order chi connectivity index (χ1) is 9.76. The quantitative estimate of drug-likeness (QED) is 0.867. The Balaban J connectivity index is 2.37. The number of carbonyl (C=O) groups is 1. The smallest absolute Gasteiger partial charge is 0.337 e. The fourth-order valence-corrected chi connectivity index (χ4v) is 2.02. The molecule has 2 aromatic rings. The minimum atomic E-state index is -0.357. The van der Waals surface area contributed by atoms with Gasteiger partial charge in [0.15, 0.2) is 0 Å². The second-order valence-corrected chi connectivity index (χ2v) is 4.24. The Morgan fingerprint density at radius 2 is 1.55 bits per heavy atom. The average Bonchev–Trinajstić information content (AvgIpc) is 2.53. The van der Waals surface area contributed by atoms with Gasteiger partial charge in [0.1, 0.15) is 0 Å². The molecule has 102 valence electrons. The van der Waals surface area contributed by atoms with E-state index in [1.54, 1.807) is 18.2 Å². The van der Waals surface area contributed by atoms with Crippen molar-refractivity contribution in [3.63, 3.8) is 0 Å². The zero-order valence-electron chi connectivity index (χ0n) is 11.2. The highest BCUT2D eigenvalue weighted by Gasteiger charge is 2.07. The molecule has 2 rings (SSSR count). The number of benzene rings is 2.